The number of aliphatic hydroxyl groups is 1. The quantitative estimate of drug-likeness (QED) is 0.285. The van der Waals surface area contributed by atoms with Crippen molar-refractivity contribution in [3.05, 3.63) is 59.2 Å². The first kappa shape index (κ1) is 27.1. The second-order valence-corrected chi connectivity index (χ2v) is 9.47. The predicted octanol–water partition coefficient (Wildman–Crippen LogP) is 4.11. The van der Waals surface area contributed by atoms with Crippen LogP contribution in [0.1, 0.15) is 37.4 Å². The topological polar surface area (TPSA) is 88.5 Å². The van der Waals surface area contributed by atoms with E-state index in [9.17, 15) is 14.7 Å². The van der Waals surface area contributed by atoms with Crippen molar-refractivity contribution in [2.24, 2.45) is 5.92 Å². The lowest BCUT2D eigenvalue weighted by atomic mass is 9.95. The number of likely N-dealkylation sites (N-methyl/N-ethyl adjacent to an activating group) is 1. The Labute approximate surface area is 213 Å². The number of ether oxygens (including phenoxy) is 3. The molecule has 1 atom stereocenters. The Morgan fingerprint density at radius 3 is 2.31 bits per heavy atom. The Balaban J connectivity index is 2.08. The molecular weight excluding hydrogens is 460 g/mol. The standard InChI is InChI=1S/C28H36N2O6/c1-18(2)13-16-36-22-12-9-20(17-23(22)35-6)25-24(26(31)19-7-10-21(34-5)11-8-19)27(32)28(33)30(25)15-14-29(3)4/h7-12,17-18,25,31H,13-16H2,1-6H3/b26-24+. The molecule has 8 nitrogen and oxygen atoms in total. The van der Waals surface area contributed by atoms with Crippen LogP contribution in [0.4, 0.5) is 0 Å². The Morgan fingerprint density at radius 1 is 1.03 bits per heavy atom. The van der Waals surface area contributed by atoms with Gasteiger partial charge in [-0.1, -0.05) is 19.9 Å². The van der Waals surface area contributed by atoms with Crippen molar-refractivity contribution in [1.29, 1.82) is 0 Å². The molecule has 0 aromatic heterocycles. The first-order valence-corrected chi connectivity index (χ1v) is 12.1. The second-order valence-electron chi connectivity index (χ2n) is 9.47. The number of Topliss-reactive ketones (excluding diaryl/α,β-unsaturated/α-hetero) is 1. The monoisotopic (exact) mass is 496 g/mol. The summed E-state index contributed by atoms with van der Waals surface area (Å²) in [5.74, 6) is 0.610. The molecule has 1 amide bonds. The normalized spacial score (nSPS) is 17.2. The third kappa shape index (κ3) is 5.99. The van der Waals surface area contributed by atoms with Crippen LogP contribution in [0.5, 0.6) is 17.2 Å². The molecule has 2 aromatic carbocycles. The fraction of sp³-hybridized carbons (Fsp3) is 0.429. The zero-order valence-corrected chi connectivity index (χ0v) is 21.9. The van der Waals surface area contributed by atoms with E-state index in [0.29, 0.717) is 54.0 Å². The van der Waals surface area contributed by atoms with Gasteiger partial charge in [-0.3, -0.25) is 9.59 Å². The zero-order valence-electron chi connectivity index (χ0n) is 21.9. The Morgan fingerprint density at radius 2 is 1.72 bits per heavy atom. The summed E-state index contributed by atoms with van der Waals surface area (Å²) in [6.07, 6.45) is 0.900. The van der Waals surface area contributed by atoms with E-state index >= 15 is 0 Å². The highest BCUT2D eigenvalue weighted by molar-refractivity contribution is 6.46. The van der Waals surface area contributed by atoms with Gasteiger partial charge in [0.25, 0.3) is 11.7 Å². The van der Waals surface area contributed by atoms with Crippen molar-refractivity contribution >= 4 is 17.4 Å². The fourth-order valence-electron chi connectivity index (χ4n) is 4.05. The maximum atomic E-state index is 13.2. The van der Waals surface area contributed by atoms with Crippen LogP contribution in [0.15, 0.2) is 48.0 Å². The van der Waals surface area contributed by atoms with Crippen LogP contribution >= 0.6 is 0 Å². The molecule has 3 rings (SSSR count). The molecular formula is C28H36N2O6. The highest BCUT2D eigenvalue weighted by atomic mass is 16.5. The lowest BCUT2D eigenvalue weighted by Gasteiger charge is -2.27. The Kier molecular flexibility index (Phi) is 8.98. The van der Waals surface area contributed by atoms with Gasteiger partial charge in [-0.05, 0) is 68.4 Å². The van der Waals surface area contributed by atoms with Gasteiger partial charge in [-0.25, -0.2) is 0 Å². The predicted molar refractivity (Wildman–Crippen MR) is 139 cm³/mol. The van der Waals surface area contributed by atoms with Gasteiger partial charge in [0.1, 0.15) is 11.5 Å². The highest BCUT2D eigenvalue weighted by Gasteiger charge is 2.46. The Bertz CT molecular complexity index is 1110. The summed E-state index contributed by atoms with van der Waals surface area (Å²) in [5, 5.41) is 11.2. The summed E-state index contributed by atoms with van der Waals surface area (Å²) in [4.78, 5) is 29.8. The molecule has 1 unspecified atom stereocenters. The largest absolute Gasteiger partial charge is 0.507 e. The van der Waals surface area contributed by atoms with Crippen LogP contribution in [0.25, 0.3) is 5.76 Å². The molecule has 194 valence electrons. The van der Waals surface area contributed by atoms with E-state index in [2.05, 4.69) is 13.8 Å². The maximum Gasteiger partial charge on any atom is 0.295 e. The van der Waals surface area contributed by atoms with E-state index in [1.807, 2.05) is 25.1 Å². The van der Waals surface area contributed by atoms with Crippen LogP contribution in [-0.2, 0) is 9.59 Å². The van der Waals surface area contributed by atoms with E-state index in [4.69, 9.17) is 14.2 Å². The average molecular weight is 497 g/mol. The van der Waals surface area contributed by atoms with Gasteiger partial charge in [-0.15, -0.1) is 0 Å². The number of hydrogen-bond acceptors (Lipinski definition) is 7. The lowest BCUT2D eigenvalue weighted by molar-refractivity contribution is -0.140. The number of methoxy groups -OCH3 is 2. The van der Waals surface area contributed by atoms with E-state index in [1.54, 1.807) is 50.6 Å². The first-order chi connectivity index (χ1) is 17.2. The summed E-state index contributed by atoms with van der Waals surface area (Å²) in [6, 6.07) is 11.3. The summed E-state index contributed by atoms with van der Waals surface area (Å²) in [5.41, 5.74) is 1.11. The van der Waals surface area contributed by atoms with Crippen molar-refractivity contribution in [2.75, 3.05) is 48.0 Å². The van der Waals surface area contributed by atoms with Crippen molar-refractivity contribution < 1.29 is 28.9 Å². The molecule has 1 N–H and O–H groups in total. The molecule has 0 saturated carbocycles. The van der Waals surface area contributed by atoms with Crippen molar-refractivity contribution in [2.45, 2.75) is 26.3 Å². The van der Waals surface area contributed by atoms with E-state index < -0.39 is 17.7 Å². The molecule has 0 bridgehead atoms. The minimum absolute atomic E-state index is 0.0412. The van der Waals surface area contributed by atoms with E-state index in [1.165, 1.54) is 4.90 Å². The molecule has 0 radical (unpaired) electrons. The fourth-order valence-corrected chi connectivity index (χ4v) is 4.05. The number of nitrogens with zero attached hydrogens (tertiary/aromatic N) is 2. The second kappa shape index (κ2) is 11.9. The van der Waals surface area contributed by atoms with Crippen LogP contribution in [-0.4, -0.2) is 74.6 Å². The van der Waals surface area contributed by atoms with Crippen molar-refractivity contribution in [1.82, 2.24) is 9.80 Å². The van der Waals surface area contributed by atoms with Gasteiger partial charge >= 0.3 is 0 Å². The average Bonchev–Trinajstić information content (AvgIpc) is 3.11. The van der Waals surface area contributed by atoms with Gasteiger partial charge < -0.3 is 29.1 Å². The maximum absolute atomic E-state index is 13.2. The minimum Gasteiger partial charge on any atom is -0.507 e. The van der Waals surface area contributed by atoms with Gasteiger partial charge in [0.05, 0.1) is 32.4 Å². The molecule has 2 aromatic rings. The SMILES string of the molecule is COc1ccc(/C(O)=C2\C(=O)C(=O)N(CCN(C)C)C2c2ccc(OCCC(C)C)c(OC)c2)cc1. The molecule has 1 fully saturated rings. The van der Waals surface area contributed by atoms with Crippen molar-refractivity contribution in [3.63, 3.8) is 0 Å². The minimum atomic E-state index is -0.773. The lowest BCUT2D eigenvalue weighted by Crippen LogP contribution is -2.35. The number of carbonyl (C=O) groups is 2. The number of amides is 1. The summed E-state index contributed by atoms with van der Waals surface area (Å²) >= 11 is 0. The smallest absolute Gasteiger partial charge is 0.295 e. The van der Waals surface area contributed by atoms with E-state index in [0.717, 1.165) is 6.42 Å². The van der Waals surface area contributed by atoms with Gasteiger partial charge in [0.2, 0.25) is 0 Å². The van der Waals surface area contributed by atoms with Crippen LogP contribution in [0.3, 0.4) is 0 Å². The highest BCUT2D eigenvalue weighted by Crippen LogP contribution is 2.42. The third-order valence-corrected chi connectivity index (χ3v) is 6.15. The van der Waals surface area contributed by atoms with Gasteiger partial charge in [0.15, 0.2) is 11.5 Å². The van der Waals surface area contributed by atoms with Crippen LogP contribution < -0.4 is 14.2 Å². The van der Waals surface area contributed by atoms with Gasteiger partial charge in [0, 0.05) is 18.7 Å². The van der Waals surface area contributed by atoms with Crippen LogP contribution in [0.2, 0.25) is 0 Å². The molecule has 1 aliphatic heterocycles. The number of ketones is 1. The molecule has 36 heavy (non-hydrogen) atoms. The number of benzene rings is 2. The van der Waals surface area contributed by atoms with Crippen molar-refractivity contribution in [3.8, 4) is 17.2 Å². The Hall–Kier alpha value is -3.52. The molecule has 0 aliphatic carbocycles. The molecule has 8 heteroatoms. The summed E-state index contributed by atoms with van der Waals surface area (Å²) < 4.78 is 16.7. The summed E-state index contributed by atoms with van der Waals surface area (Å²) in [7, 11) is 6.90. The number of aliphatic hydroxyl groups excluding tert-OH is 1. The molecule has 0 spiro atoms. The molecule has 1 heterocycles. The van der Waals surface area contributed by atoms with Crippen LogP contribution in [0, 0.1) is 5.92 Å². The van der Waals surface area contributed by atoms with E-state index in [-0.39, 0.29) is 11.3 Å². The zero-order chi connectivity index (χ0) is 26.4. The third-order valence-electron chi connectivity index (χ3n) is 6.15. The molecule has 1 saturated heterocycles. The molecule has 1 aliphatic rings. The number of rotatable bonds is 11. The number of carbonyl (C=O) groups excluding carboxylic acids is 2. The first-order valence-electron chi connectivity index (χ1n) is 12.1. The summed E-state index contributed by atoms with van der Waals surface area (Å²) in [6.45, 7) is 5.68. The number of hydrogen-bond donors (Lipinski definition) is 1. The van der Waals surface area contributed by atoms with Gasteiger partial charge in [-0.2, -0.15) is 0 Å². The number of likely N-dealkylation sites (tertiary alicyclic amines) is 1.